The average molecular weight is 341 g/mol. The lowest BCUT2D eigenvalue weighted by atomic mass is 9.92. The number of hydrogen-bond acceptors (Lipinski definition) is 1. The molecule has 136 valence electrons. The lowest BCUT2D eigenvalue weighted by molar-refractivity contribution is -0.912. The maximum absolute atomic E-state index is 6.04. The van der Waals surface area contributed by atoms with E-state index in [1.165, 1.54) is 56.1 Å². The lowest BCUT2D eigenvalue weighted by Crippen LogP contribution is -3.14. The fourth-order valence-corrected chi connectivity index (χ4v) is 4.46. The molecule has 2 nitrogen and oxygen atoms in total. The van der Waals surface area contributed by atoms with Gasteiger partial charge in [-0.1, -0.05) is 50.2 Å². The van der Waals surface area contributed by atoms with Crippen molar-refractivity contribution in [3.63, 3.8) is 0 Å². The van der Waals surface area contributed by atoms with Gasteiger partial charge in [0, 0.05) is 17.2 Å². The summed E-state index contributed by atoms with van der Waals surface area (Å²) < 4.78 is 6.04. The van der Waals surface area contributed by atoms with Gasteiger partial charge >= 0.3 is 0 Å². The standard InChI is InChI=1S/C23H33NO/c1-19-16-20(2)18-24(17-19)14-7-3-4-8-15-25-23-13-9-11-21-10-5-6-12-22(21)23/h5-6,9-13,19-20H,3-4,7-8,14-18H2,1-2H3/p+1/t19-,20-/m1/s1. The van der Waals surface area contributed by atoms with Gasteiger partial charge in [-0.05, 0) is 43.6 Å². The van der Waals surface area contributed by atoms with Crippen molar-refractivity contribution in [3.8, 4) is 5.75 Å². The summed E-state index contributed by atoms with van der Waals surface area (Å²) in [5.74, 6) is 2.85. The molecule has 2 aromatic carbocycles. The molecule has 0 aromatic heterocycles. The van der Waals surface area contributed by atoms with Crippen LogP contribution in [0.25, 0.3) is 10.8 Å². The molecule has 0 saturated carbocycles. The predicted molar refractivity (Wildman–Crippen MR) is 106 cm³/mol. The van der Waals surface area contributed by atoms with Crippen LogP contribution in [0, 0.1) is 11.8 Å². The first kappa shape index (κ1) is 18.3. The highest BCUT2D eigenvalue weighted by atomic mass is 16.5. The Kier molecular flexibility index (Phi) is 6.75. The molecule has 1 aliphatic heterocycles. The Bertz CT molecular complexity index is 638. The average Bonchev–Trinajstić information content (AvgIpc) is 2.60. The summed E-state index contributed by atoms with van der Waals surface area (Å²) in [6.45, 7) is 9.79. The van der Waals surface area contributed by atoms with Crippen molar-refractivity contribution in [1.29, 1.82) is 0 Å². The van der Waals surface area contributed by atoms with E-state index in [9.17, 15) is 0 Å². The van der Waals surface area contributed by atoms with E-state index in [4.69, 9.17) is 4.74 Å². The van der Waals surface area contributed by atoms with E-state index in [0.717, 1.165) is 30.6 Å². The highest BCUT2D eigenvalue weighted by molar-refractivity contribution is 5.88. The zero-order chi connectivity index (χ0) is 17.5. The molecule has 0 aliphatic carbocycles. The molecule has 0 radical (unpaired) electrons. The largest absolute Gasteiger partial charge is 0.493 e. The fourth-order valence-electron chi connectivity index (χ4n) is 4.46. The first-order chi connectivity index (χ1) is 12.2. The highest BCUT2D eigenvalue weighted by Gasteiger charge is 2.24. The van der Waals surface area contributed by atoms with Crippen molar-refractivity contribution in [2.45, 2.75) is 46.0 Å². The Morgan fingerprint density at radius 3 is 2.44 bits per heavy atom. The molecule has 2 heteroatoms. The van der Waals surface area contributed by atoms with Crippen LogP contribution in [0.4, 0.5) is 0 Å². The molecule has 2 atom stereocenters. The van der Waals surface area contributed by atoms with Crippen LogP contribution in [0.5, 0.6) is 5.75 Å². The van der Waals surface area contributed by atoms with Gasteiger partial charge in [-0.25, -0.2) is 0 Å². The van der Waals surface area contributed by atoms with Crippen LogP contribution in [0.2, 0.25) is 0 Å². The topological polar surface area (TPSA) is 13.7 Å². The zero-order valence-electron chi connectivity index (χ0n) is 16.0. The van der Waals surface area contributed by atoms with Crippen LogP contribution in [-0.2, 0) is 0 Å². The van der Waals surface area contributed by atoms with E-state index in [2.05, 4.69) is 56.3 Å². The number of quaternary nitrogens is 1. The quantitative estimate of drug-likeness (QED) is 0.706. The van der Waals surface area contributed by atoms with Crippen LogP contribution in [-0.4, -0.2) is 26.2 Å². The zero-order valence-corrected chi connectivity index (χ0v) is 16.0. The third kappa shape index (κ3) is 5.47. The minimum atomic E-state index is 0.832. The molecule has 1 fully saturated rings. The SMILES string of the molecule is C[C@@H]1C[C@@H](C)C[NH+](CCCCCCOc2cccc3ccccc23)C1. The van der Waals surface area contributed by atoms with Gasteiger partial charge in [0.15, 0.2) is 0 Å². The summed E-state index contributed by atoms with van der Waals surface area (Å²) in [6.07, 6.45) is 6.57. The summed E-state index contributed by atoms with van der Waals surface area (Å²) >= 11 is 0. The first-order valence-electron chi connectivity index (χ1n) is 10.2. The van der Waals surface area contributed by atoms with E-state index in [1.54, 1.807) is 0 Å². The third-order valence-corrected chi connectivity index (χ3v) is 5.51. The summed E-state index contributed by atoms with van der Waals surface area (Å²) in [5, 5.41) is 2.48. The van der Waals surface area contributed by atoms with Crippen LogP contribution in [0.15, 0.2) is 42.5 Å². The summed E-state index contributed by atoms with van der Waals surface area (Å²) in [4.78, 5) is 1.83. The van der Waals surface area contributed by atoms with Crippen molar-refractivity contribution in [2.24, 2.45) is 11.8 Å². The molecular formula is C23H34NO+. The Hall–Kier alpha value is -1.54. The number of fused-ring (bicyclic) bond motifs is 1. The molecule has 25 heavy (non-hydrogen) atoms. The molecule has 1 N–H and O–H groups in total. The number of piperidine rings is 1. The molecule has 3 rings (SSSR count). The van der Waals surface area contributed by atoms with E-state index in [-0.39, 0.29) is 0 Å². The van der Waals surface area contributed by atoms with Gasteiger partial charge in [0.05, 0.1) is 26.2 Å². The van der Waals surface area contributed by atoms with Crippen LogP contribution >= 0.6 is 0 Å². The maximum atomic E-state index is 6.04. The predicted octanol–water partition coefficient (Wildman–Crippen LogP) is 4.34. The number of hydrogen-bond donors (Lipinski definition) is 1. The fraction of sp³-hybridized carbons (Fsp3) is 0.565. The van der Waals surface area contributed by atoms with Gasteiger partial charge in [0.1, 0.15) is 5.75 Å². The van der Waals surface area contributed by atoms with E-state index < -0.39 is 0 Å². The molecular weight excluding hydrogens is 306 g/mol. The lowest BCUT2D eigenvalue weighted by Gasteiger charge is -2.32. The normalized spacial score (nSPS) is 23.7. The number of unbranched alkanes of at least 4 members (excludes halogenated alkanes) is 3. The molecule has 0 spiro atoms. The van der Waals surface area contributed by atoms with Crippen molar-refractivity contribution in [3.05, 3.63) is 42.5 Å². The smallest absolute Gasteiger partial charge is 0.127 e. The van der Waals surface area contributed by atoms with E-state index >= 15 is 0 Å². The highest BCUT2D eigenvalue weighted by Crippen LogP contribution is 2.25. The van der Waals surface area contributed by atoms with E-state index in [1.807, 2.05) is 4.90 Å². The second kappa shape index (κ2) is 9.24. The molecule has 2 aromatic rings. The molecule has 0 amide bonds. The number of nitrogens with one attached hydrogen (secondary N) is 1. The minimum Gasteiger partial charge on any atom is -0.493 e. The summed E-state index contributed by atoms with van der Waals surface area (Å²) in [6, 6.07) is 14.8. The number of rotatable bonds is 8. The minimum absolute atomic E-state index is 0.832. The number of benzene rings is 2. The number of ether oxygens (including phenoxy) is 1. The van der Waals surface area contributed by atoms with Gasteiger partial charge in [-0.15, -0.1) is 0 Å². The summed E-state index contributed by atoms with van der Waals surface area (Å²) in [5.41, 5.74) is 0. The second-order valence-electron chi connectivity index (χ2n) is 8.09. The van der Waals surface area contributed by atoms with Gasteiger partial charge in [-0.3, -0.25) is 0 Å². The Morgan fingerprint density at radius 1 is 0.880 bits per heavy atom. The first-order valence-corrected chi connectivity index (χ1v) is 10.2. The summed E-state index contributed by atoms with van der Waals surface area (Å²) in [7, 11) is 0. The molecule has 1 saturated heterocycles. The Balaban J connectivity index is 1.31. The maximum Gasteiger partial charge on any atom is 0.127 e. The van der Waals surface area contributed by atoms with Crippen molar-refractivity contribution < 1.29 is 9.64 Å². The monoisotopic (exact) mass is 340 g/mol. The second-order valence-corrected chi connectivity index (χ2v) is 8.09. The van der Waals surface area contributed by atoms with Crippen molar-refractivity contribution in [1.82, 2.24) is 0 Å². The van der Waals surface area contributed by atoms with Gasteiger partial charge in [-0.2, -0.15) is 0 Å². The van der Waals surface area contributed by atoms with Gasteiger partial charge < -0.3 is 9.64 Å². The molecule has 1 heterocycles. The Labute approximate surface area is 153 Å². The molecule has 0 bridgehead atoms. The number of likely N-dealkylation sites (tertiary alicyclic amines) is 1. The van der Waals surface area contributed by atoms with Crippen molar-refractivity contribution in [2.75, 3.05) is 26.2 Å². The van der Waals surface area contributed by atoms with Crippen molar-refractivity contribution >= 4 is 10.8 Å². The van der Waals surface area contributed by atoms with Crippen LogP contribution < -0.4 is 9.64 Å². The van der Waals surface area contributed by atoms with Crippen LogP contribution in [0.1, 0.15) is 46.0 Å². The Morgan fingerprint density at radius 2 is 1.60 bits per heavy atom. The molecule has 0 unspecified atom stereocenters. The van der Waals surface area contributed by atoms with Gasteiger partial charge in [0.2, 0.25) is 0 Å². The van der Waals surface area contributed by atoms with Gasteiger partial charge in [0.25, 0.3) is 0 Å². The van der Waals surface area contributed by atoms with E-state index in [0.29, 0.717) is 0 Å². The third-order valence-electron chi connectivity index (χ3n) is 5.51. The van der Waals surface area contributed by atoms with Crippen LogP contribution in [0.3, 0.4) is 0 Å². The molecule has 1 aliphatic rings.